The van der Waals surface area contributed by atoms with Gasteiger partial charge < -0.3 is 19.4 Å². The summed E-state index contributed by atoms with van der Waals surface area (Å²) < 4.78 is 5.20. The Hall–Kier alpha value is -7.76. The molecule has 11 aromatic rings. The zero-order valence-corrected chi connectivity index (χ0v) is 44.6. The van der Waals surface area contributed by atoms with E-state index in [9.17, 15) is 0 Å². The average Bonchev–Trinajstić information content (AvgIpc) is 4.16. The fourth-order valence-electron chi connectivity index (χ4n) is 13.7. The normalized spacial score (nSPS) is 16.6. The lowest BCUT2D eigenvalue weighted by Crippen LogP contribution is -2.41. The summed E-state index contributed by atoms with van der Waals surface area (Å²) in [5, 5.41) is 9.15. The van der Waals surface area contributed by atoms with Crippen molar-refractivity contribution in [2.45, 2.75) is 103 Å². The van der Waals surface area contributed by atoms with E-state index in [0.717, 1.165) is 53.3 Å². The van der Waals surface area contributed by atoms with Crippen molar-refractivity contribution in [2.24, 2.45) is 0 Å². The number of nitrogens with one attached hydrogen (secondary N) is 1. The van der Waals surface area contributed by atoms with Gasteiger partial charge in [0, 0.05) is 61.2 Å². The number of nitrogens with zero attached hydrogens (tertiary/aromatic N) is 3. The summed E-state index contributed by atoms with van der Waals surface area (Å²) in [6.45, 7) is 19.5. The van der Waals surface area contributed by atoms with Gasteiger partial charge in [-0.15, -0.1) is 0 Å². The largest absolute Gasteiger partial charge is 0.355 e. The van der Waals surface area contributed by atoms with Crippen LogP contribution in [0.5, 0.6) is 0 Å². The number of hydrogen-bond acceptors (Lipinski definition) is 2. The molecule has 2 aromatic heterocycles. The fraction of sp³-hybridized carbons (Fsp3) is 0.229. The van der Waals surface area contributed by atoms with E-state index in [1.54, 1.807) is 0 Å². The van der Waals surface area contributed by atoms with Crippen molar-refractivity contribution in [2.75, 3.05) is 10.2 Å². The molecule has 367 valence electrons. The maximum atomic E-state index is 4.14. The maximum Gasteiger partial charge on any atom is 0.197 e. The number of anilines is 5. The predicted molar refractivity (Wildman–Crippen MR) is 321 cm³/mol. The Morgan fingerprint density at radius 3 is 1.52 bits per heavy atom. The topological polar surface area (TPSA) is 25.1 Å². The van der Waals surface area contributed by atoms with E-state index in [1.807, 2.05) is 0 Å². The molecule has 9 aromatic carbocycles. The van der Waals surface area contributed by atoms with Crippen molar-refractivity contribution in [3.05, 3.63) is 210 Å². The molecule has 0 saturated carbocycles. The second kappa shape index (κ2) is 16.4. The Balaban J connectivity index is 1.12. The number of benzene rings is 9. The van der Waals surface area contributed by atoms with Crippen molar-refractivity contribution in [3.8, 4) is 22.5 Å². The third-order valence-corrected chi connectivity index (χ3v) is 18.0. The molecule has 1 radical (unpaired) electrons. The van der Waals surface area contributed by atoms with Crippen LogP contribution < -0.4 is 21.1 Å². The van der Waals surface area contributed by atoms with Gasteiger partial charge in [0.2, 0.25) is 0 Å². The van der Waals surface area contributed by atoms with Gasteiger partial charge in [-0.05, 0) is 166 Å². The van der Waals surface area contributed by atoms with Gasteiger partial charge in [-0.2, -0.15) is 0 Å². The average molecular weight is 972 g/mol. The lowest BCUT2D eigenvalue weighted by Gasteiger charge is -2.43. The van der Waals surface area contributed by atoms with E-state index in [-0.39, 0.29) is 21.7 Å². The summed E-state index contributed by atoms with van der Waals surface area (Å²) in [6.07, 6.45) is 4.65. The molecule has 0 bridgehead atoms. The summed E-state index contributed by atoms with van der Waals surface area (Å²) in [5.74, 6) is 0. The van der Waals surface area contributed by atoms with E-state index in [1.165, 1.54) is 100 Å². The SMILES string of the molecule is CC1(C)CCC(C)(C)c2cc(Nc3ccc(N(c4ccccc4)c4ccccc4)cc3-c3cc(-n4c5ccccc5c5ccccc54)c4c5ccccc5n5c4c3[B]c3cc4c(cc3-5)C(C)(C)CCC4(C)C)ccc21. The number of para-hydroxylation sites is 5. The van der Waals surface area contributed by atoms with Crippen LogP contribution in [0.3, 0.4) is 0 Å². The van der Waals surface area contributed by atoms with Crippen LogP contribution >= 0.6 is 0 Å². The molecule has 0 fully saturated rings. The minimum Gasteiger partial charge on any atom is -0.355 e. The molecule has 3 aliphatic rings. The van der Waals surface area contributed by atoms with E-state index < -0.39 is 0 Å². The molecule has 2 aliphatic carbocycles. The van der Waals surface area contributed by atoms with Gasteiger partial charge in [0.15, 0.2) is 7.28 Å². The van der Waals surface area contributed by atoms with Gasteiger partial charge in [0.1, 0.15) is 0 Å². The fourth-order valence-corrected chi connectivity index (χ4v) is 13.7. The molecule has 75 heavy (non-hydrogen) atoms. The molecule has 0 amide bonds. The molecule has 0 spiro atoms. The molecule has 5 heteroatoms. The van der Waals surface area contributed by atoms with Crippen molar-refractivity contribution < 1.29 is 0 Å². The Morgan fingerprint density at radius 1 is 0.413 bits per heavy atom. The van der Waals surface area contributed by atoms with Gasteiger partial charge in [0.05, 0.1) is 27.8 Å². The van der Waals surface area contributed by atoms with Gasteiger partial charge in [0.25, 0.3) is 0 Å². The molecule has 4 nitrogen and oxygen atoms in total. The summed E-state index contributed by atoms with van der Waals surface area (Å²) in [4.78, 5) is 2.40. The highest BCUT2D eigenvalue weighted by atomic mass is 15.1. The van der Waals surface area contributed by atoms with Gasteiger partial charge in [-0.25, -0.2) is 0 Å². The Labute approximate surface area is 442 Å². The lowest BCUT2D eigenvalue weighted by molar-refractivity contribution is 0.332. The molecule has 0 saturated heterocycles. The highest BCUT2D eigenvalue weighted by Gasteiger charge is 2.40. The highest BCUT2D eigenvalue weighted by molar-refractivity contribution is 6.73. The van der Waals surface area contributed by atoms with Crippen molar-refractivity contribution >= 4 is 90.3 Å². The molecule has 1 aliphatic heterocycles. The monoisotopic (exact) mass is 972 g/mol. The van der Waals surface area contributed by atoms with Crippen LogP contribution in [0.1, 0.15) is 103 Å². The predicted octanol–water partition coefficient (Wildman–Crippen LogP) is 17.4. The second-order valence-corrected chi connectivity index (χ2v) is 24.6. The van der Waals surface area contributed by atoms with Crippen LogP contribution in [0.15, 0.2) is 188 Å². The molecule has 0 atom stereocenters. The first-order valence-electron chi connectivity index (χ1n) is 27.3. The minimum absolute atomic E-state index is 0.0459. The van der Waals surface area contributed by atoms with Crippen LogP contribution in [-0.4, -0.2) is 16.4 Å². The molecule has 14 rings (SSSR count). The third kappa shape index (κ3) is 7.03. The van der Waals surface area contributed by atoms with Crippen LogP contribution in [0.25, 0.3) is 66.1 Å². The Kier molecular flexibility index (Phi) is 10.0. The Bertz CT molecular complexity index is 4040. The smallest absolute Gasteiger partial charge is 0.197 e. The van der Waals surface area contributed by atoms with Crippen molar-refractivity contribution in [1.29, 1.82) is 0 Å². The second-order valence-electron chi connectivity index (χ2n) is 24.6. The first-order valence-corrected chi connectivity index (χ1v) is 27.3. The van der Waals surface area contributed by atoms with E-state index >= 15 is 0 Å². The van der Waals surface area contributed by atoms with Crippen LogP contribution in [0.2, 0.25) is 0 Å². The van der Waals surface area contributed by atoms with Crippen molar-refractivity contribution in [3.63, 3.8) is 0 Å². The Morgan fingerprint density at radius 2 is 0.920 bits per heavy atom. The molecule has 3 heterocycles. The standard InChI is InChI=1S/C70H64BN4/c1-67(2)35-36-68(3,4)54-39-44(31-33-53(54)67)72-58-34-32-47(73(45-21-11-9-12-22-45)46-23-13-10-14-24-46)40-51(58)52-41-63(74-59-28-18-15-25-48(59)49-26-16-19-29-60(49)74)64-50-27-17-20-30-61(50)75-62-43-56-55(42-57(62)71-65(52)66(64)75)69(5,6)37-38-70(56,7)8/h9-34,39-43,72H,35-38H2,1-8H3. The number of aromatic nitrogens is 2. The highest BCUT2D eigenvalue weighted by Crippen LogP contribution is 2.51. The van der Waals surface area contributed by atoms with E-state index in [0.29, 0.717) is 0 Å². The summed E-state index contributed by atoms with van der Waals surface area (Å²) >= 11 is 0. The van der Waals surface area contributed by atoms with Gasteiger partial charge in [-0.3, -0.25) is 0 Å². The summed E-state index contributed by atoms with van der Waals surface area (Å²) in [7, 11) is 2.55. The molecular weight excluding hydrogens is 908 g/mol. The number of rotatable bonds is 7. The zero-order chi connectivity index (χ0) is 51.2. The zero-order valence-electron chi connectivity index (χ0n) is 44.6. The van der Waals surface area contributed by atoms with Crippen molar-refractivity contribution in [1.82, 2.24) is 9.13 Å². The van der Waals surface area contributed by atoms with Gasteiger partial charge >= 0.3 is 0 Å². The van der Waals surface area contributed by atoms with Crippen LogP contribution in [-0.2, 0) is 21.7 Å². The summed E-state index contributed by atoms with van der Waals surface area (Å²) in [6, 6.07) is 70.7. The first-order chi connectivity index (χ1) is 36.2. The molecule has 0 unspecified atom stereocenters. The molecule has 1 N–H and O–H groups in total. The summed E-state index contributed by atoms with van der Waals surface area (Å²) in [5.41, 5.74) is 23.7. The van der Waals surface area contributed by atoms with Crippen LogP contribution in [0, 0.1) is 0 Å². The van der Waals surface area contributed by atoms with Crippen LogP contribution in [0.4, 0.5) is 28.4 Å². The maximum absolute atomic E-state index is 4.14. The quantitative estimate of drug-likeness (QED) is 0.161. The van der Waals surface area contributed by atoms with E-state index in [4.69, 9.17) is 0 Å². The van der Waals surface area contributed by atoms with Gasteiger partial charge in [-0.1, -0.05) is 164 Å². The number of hydrogen-bond donors (Lipinski definition) is 1. The third-order valence-electron chi connectivity index (χ3n) is 18.0. The minimum atomic E-state index is 0.0459. The number of fused-ring (bicyclic) bond motifs is 10. The van der Waals surface area contributed by atoms with E-state index in [2.05, 4.69) is 270 Å². The first kappa shape index (κ1) is 45.8. The lowest BCUT2D eigenvalue weighted by atomic mass is 9.55. The molecular formula is C70H64BN4.